The minimum absolute atomic E-state index is 0.0595. The number of hydrogen-bond acceptors (Lipinski definition) is 5. The number of nitrogens with zero attached hydrogens (tertiary/aromatic N) is 3. The van der Waals surface area contributed by atoms with Crippen LogP contribution in [0.4, 0.5) is 0 Å². The summed E-state index contributed by atoms with van der Waals surface area (Å²) in [4.78, 5) is 21.3. The van der Waals surface area contributed by atoms with Gasteiger partial charge in [0.1, 0.15) is 18.1 Å². The highest BCUT2D eigenvalue weighted by atomic mass is 16.5. The van der Waals surface area contributed by atoms with E-state index in [1.54, 1.807) is 12.3 Å². The number of piperazine rings is 1. The highest BCUT2D eigenvalue weighted by molar-refractivity contribution is 5.91. The molecule has 0 bridgehead atoms. The molecule has 2 aromatic heterocycles. The Bertz CT molecular complexity index is 1040. The molecule has 6 nitrogen and oxygen atoms in total. The summed E-state index contributed by atoms with van der Waals surface area (Å²) in [7, 11) is 0. The molecule has 1 amide bonds. The largest absolute Gasteiger partial charge is 0.485 e. The Labute approximate surface area is 189 Å². The van der Waals surface area contributed by atoms with Gasteiger partial charge in [-0.1, -0.05) is 32.0 Å². The van der Waals surface area contributed by atoms with Crippen molar-refractivity contribution in [2.24, 2.45) is 0 Å². The number of hydrogen-bond donors (Lipinski definition) is 0. The molecule has 1 aromatic carbocycles. The number of carbonyl (C=O) groups is 1. The predicted molar refractivity (Wildman–Crippen MR) is 124 cm³/mol. The molecule has 1 saturated heterocycles. The van der Waals surface area contributed by atoms with Gasteiger partial charge in [-0.05, 0) is 53.8 Å². The third-order valence-corrected chi connectivity index (χ3v) is 5.82. The number of amides is 1. The molecule has 168 valence electrons. The van der Waals surface area contributed by atoms with Crippen LogP contribution in [0.15, 0.2) is 59.3 Å². The van der Waals surface area contributed by atoms with Crippen LogP contribution in [0.3, 0.4) is 0 Å². The third kappa shape index (κ3) is 5.37. The average Bonchev–Trinajstić information content (AvgIpc) is 3.27. The second-order valence-corrected chi connectivity index (χ2v) is 8.68. The molecule has 3 aromatic rings. The summed E-state index contributed by atoms with van der Waals surface area (Å²) in [5, 5.41) is 0. The summed E-state index contributed by atoms with van der Waals surface area (Å²) in [6.07, 6.45) is 3.68. The zero-order chi connectivity index (χ0) is 22.5. The SMILES string of the molecule is Cc1ccc(C(C)C)c(OCc2ccc(C(=O)N3CCN(Cc4cccnc4)CC3)o2)c1. The van der Waals surface area contributed by atoms with Crippen LogP contribution in [0.1, 0.15) is 52.8 Å². The van der Waals surface area contributed by atoms with Crippen molar-refractivity contribution >= 4 is 5.91 Å². The second kappa shape index (κ2) is 10.0. The lowest BCUT2D eigenvalue weighted by atomic mass is 10.0. The van der Waals surface area contributed by atoms with E-state index in [4.69, 9.17) is 9.15 Å². The molecule has 3 heterocycles. The van der Waals surface area contributed by atoms with Crippen LogP contribution < -0.4 is 4.74 Å². The highest BCUT2D eigenvalue weighted by Gasteiger charge is 2.24. The summed E-state index contributed by atoms with van der Waals surface area (Å²) < 4.78 is 11.9. The molecule has 0 N–H and O–H groups in total. The number of benzene rings is 1. The van der Waals surface area contributed by atoms with Gasteiger partial charge in [0.05, 0.1) is 0 Å². The fourth-order valence-corrected chi connectivity index (χ4v) is 3.98. The van der Waals surface area contributed by atoms with Gasteiger partial charge in [-0.3, -0.25) is 14.7 Å². The van der Waals surface area contributed by atoms with E-state index in [9.17, 15) is 4.79 Å². The lowest BCUT2D eigenvalue weighted by molar-refractivity contribution is 0.0594. The molecule has 0 radical (unpaired) electrons. The molecule has 0 aliphatic carbocycles. The topological polar surface area (TPSA) is 58.8 Å². The molecule has 0 unspecified atom stereocenters. The number of aromatic nitrogens is 1. The van der Waals surface area contributed by atoms with Crippen molar-refractivity contribution < 1.29 is 13.9 Å². The van der Waals surface area contributed by atoms with Crippen molar-refractivity contribution in [2.45, 2.75) is 39.8 Å². The van der Waals surface area contributed by atoms with E-state index in [1.165, 1.54) is 11.1 Å². The molecule has 32 heavy (non-hydrogen) atoms. The number of carbonyl (C=O) groups excluding carboxylic acids is 1. The van der Waals surface area contributed by atoms with Gasteiger partial charge < -0.3 is 14.1 Å². The molecule has 1 aliphatic heterocycles. The van der Waals surface area contributed by atoms with Crippen LogP contribution in [0.5, 0.6) is 5.75 Å². The fourth-order valence-electron chi connectivity index (χ4n) is 3.98. The first-order valence-corrected chi connectivity index (χ1v) is 11.2. The Balaban J connectivity index is 1.31. The van der Waals surface area contributed by atoms with Crippen molar-refractivity contribution in [3.8, 4) is 5.75 Å². The van der Waals surface area contributed by atoms with Crippen LogP contribution >= 0.6 is 0 Å². The predicted octanol–water partition coefficient (Wildman–Crippen LogP) is 4.64. The maximum atomic E-state index is 12.9. The Kier molecular flexibility index (Phi) is 6.90. The van der Waals surface area contributed by atoms with Crippen LogP contribution in [-0.4, -0.2) is 46.9 Å². The first kappa shape index (κ1) is 22.1. The van der Waals surface area contributed by atoms with E-state index < -0.39 is 0 Å². The van der Waals surface area contributed by atoms with Gasteiger partial charge >= 0.3 is 0 Å². The molecule has 0 atom stereocenters. The number of furan rings is 1. The van der Waals surface area contributed by atoms with Gasteiger partial charge in [0.25, 0.3) is 5.91 Å². The Hall–Kier alpha value is -3.12. The van der Waals surface area contributed by atoms with Crippen LogP contribution in [0, 0.1) is 6.92 Å². The van der Waals surface area contributed by atoms with Gasteiger partial charge in [0, 0.05) is 45.1 Å². The van der Waals surface area contributed by atoms with Crippen molar-refractivity contribution in [3.05, 3.63) is 83.1 Å². The maximum absolute atomic E-state index is 12.9. The summed E-state index contributed by atoms with van der Waals surface area (Å²) in [6, 6.07) is 13.9. The smallest absolute Gasteiger partial charge is 0.289 e. The van der Waals surface area contributed by atoms with Crippen molar-refractivity contribution in [3.63, 3.8) is 0 Å². The minimum Gasteiger partial charge on any atom is -0.485 e. The number of pyridine rings is 1. The van der Waals surface area contributed by atoms with Gasteiger partial charge in [-0.15, -0.1) is 0 Å². The van der Waals surface area contributed by atoms with Crippen molar-refractivity contribution in [2.75, 3.05) is 26.2 Å². The Morgan fingerprint density at radius 1 is 1.12 bits per heavy atom. The van der Waals surface area contributed by atoms with Gasteiger partial charge in [0.15, 0.2) is 5.76 Å². The van der Waals surface area contributed by atoms with E-state index in [-0.39, 0.29) is 5.91 Å². The average molecular weight is 434 g/mol. The summed E-state index contributed by atoms with van der Waals surface area (Å²) in [5.74, 6) is 2.21. The minimum atomic E-state index is -0.0595. The van der Waals surface area contributed by atoms with Gasteiger partial charge in [-0.25, -0.2) is 0 Å². The van der Waals surface area contributed by atoms with Crippen LogP contribution in [-0.2, 0) is 13.2 Å². The maximum Gasteiger partial charge on any atom is 0.289 e. The van der Waals surface area contributed by atoms with Crippen LogP contribution in [0.2, 0.25) is 0 Å². The molecular formula is C26H31N3O3. The molecule has 0 spiro atoms. The van der Waals surface area contributed by atoms with E-state index >= 15 is 0 Å². The van der Waals surface area contributed by atoms with E-state index in [0.717, 1.165) is 30.9 Å². The lowest BCUT2D eigenvalue weighted by Crippen LogP contribution is -2.48. The molecule has 6 heteroatoms. The number of rotatable bonds is 7. The van der Waals surface area contributed by atoms with E-state index in [2.05, 4.69) is 54.9 Å². The quantitative estimate of drug-likeness (QED) is 0.543. The van der Waals surface area contributed by atoms with Gasteiger partial charge in [0.2, 0.25) is 0 Å². The van der Waals surface area contributed by atoms with Gasteiger partial charge in [-0.2, -0.15) is 0 Å². The summed E-state index contributed by atoms with van der Waals surface area (Å²) in [6.45, 7) is 10.6. The standard InChI is InChI=1S/C26H31N3O3/c1-19(2)23-8-6-20(3)15-25(23)31-18-22-7-9-24(32-22)26(30)29-13-11-28(12-14-29)17-21-5-4-10-27-16-21/h4-10,15-16,19H,11-14,17-18H2,1-3H3. The zero-order valence-electron chi connectivity index (χ0n) is 19.1. The molecule has 4 rings (SSSR count). The molecule has 1 aliphatic rings. The molecule has 1 fully saturated rings. The first-order valence-electron chi connectivity index (χ1n) is 11.2. The molecular weight excluding hydrogens is 402 g/mol. The second-order valence-electron chi connectivity index (χ2n) is 8.68. The van der Waals surface area contributed by atoms with E-state index in [0.29, 0.717) is 37.1 Å². The zero-order valence-corrected chi connectivity index (χ0v) is 19.1. The summed E-state index contributed by atoms with van der Waals surface area (Å²) >= 11 is 0. The normalized spacial score (nSPS) is 14.7. The third-order valence-electron chi connectivity index (χ3n) is 5.82. The fraction of sp³-hybridized carbons (Fsp3) is 0.385. The first-order chi connectivity index (χ1) is 15.5. The molecule has 0 saturated carbocycles. The highest BCUT2D eigenvalue weighted by Crippen LogP contribution is 2.28. The monoisotopic (exact) mass is 433 g/mol. The lowest BCUT2D eigenvalue weighted by Gasteiger charge is -2.34. The Morgan fingerprint density at radius 2 is 1.94 bits per heavy atom. The van der Waals surface area contributed by atoms with Crippen LogP contribution in [0.25, 0.3) is 0 Å². The number of ether oxygens (including phenoxy) is 1. The number of aryl methyl sites for hydroxylation is 1. The Morgan fingerprint density at radius 3 is 2.66 bits per heavy atom. The van der Waals surface area contributed by atoms with Crippen molar-refractivity contribution in [1.29, 1.82) is 0 Å². The van der Waals surface area contributed by atoms with E-state index in [1.807, 2.05) is 23.2 Å². The summed E-state index contributed by atoms with van der Waals surface area (Å²) in [5.41, 5.74) is 3.52. The van der Waals surface area contributed by atoms with Crippen molar-refractivity contribution in [1.82, 2.24) is 14.8 Å².